The van der Waals surface area contributed by atoms with E-state index < -0.39 is 16.0 Å². The first-order chi connectivity index (χ1) is 9.32. The fraction of sp³-hybridized carbons (Fsp3) is 0.417. The Morgan fingerprint density at radius 3 is 2.55 bits per heavy atom. The van der Waals surface area contributed by atoms with Crippen LogP contribution in [-0.2, 0) is 19.6 Å². The molecule has 0 saturated heterocycles. The highest BCUT2D eigenvalue weighted by molar-refractivity contribution is 7.89. The Labute approximate surface area is 118 Å². The van der Waals surface area contributed by atoms with Crippen molar-refractivity contribution in [3.05, 3.63) is 18.2 Å². The second kappa shape index (κ2) is 6.58. The molecule has 2 N–H and O–H groups in total. The van der Waals surface area contributed by atoms with Crippen LogP contribution in [-0.4, -0.2) is 46.0 Å². The van der Waals surface area contributed by atoms with Crippen molar-refractivity contribution in [3.8, 4) is 5.75 Å². The topological polar surface area (TPSA) is 98.9 Å². The molecule has 0 radical (unpaired) electrons. The summed E-state index contributed by atoms with van der Waals surface area (Å²) in [4.78, 5) is 11.3. The Balaban J connectivity index is 2.98. The Hall–Kier alpha value is -1.80. The van der Waals surface area contributed by atoms with Gasteiger partial charge in [0.2, 0.25) is 10.0 Å². The molecule has 0 spiro atoms. The molecule has 0 aliphatic heterocycles. The number of anilines is 1. The van der Waals surface area contributed by atoms with Crippen LogP contribution in [0.4, 0.5) is 5.69 Å². The molecule has 7 nitrogen and oxygen atoms in total. The smallest absolute Gasteiger partial charge is 0.321 e. The van der Waals surface area contributed by atoms with Gasteiger partial charge in [0.05, 0.1) is 24.3 Å². The van der Waals surface area contributed by atoms with Gasteiger partial charge in [0.25, 0.3) is 0 Å². The Bertz CT molecular complexity index is 586. The minimum absolute atomic E-state index is 0.0115. The van der Waals surface area contributed by atoms with Crippen molar-refractivity contribution in [2.75, 3.05) is 33.0 Å². The number of carbonyl (C=O) groups is 1. The van der Waals surface area contributed by atoms with Gasteiger partial charge in [-0.3, -0.25) is 4.79 Å². The second-order valence-electron chi connectivity index (χ2n) is 3.97. The van der Waals surface area contributed by atoms with Crippen LogP contribution in [0.2, 0.25) is 0 Å². The number of ether oxygens (including phenoxy) is 2. The zero-order valence-corrected chi connectivity index (χ0v) is 12.4. The number of esters is 1. The standard InChI is InChI=1S/C12H18N2O5S/c1-4-19-12(15)8-14(2)20(16,17)9-5-6-11(18-3)10(13)7-9/h5-7H,4,8,13H2,1-3H3. The summed E-state index contributed by atoms with van der Waals surface area (Å²) in [6.07, 6.45) is 0. The first-order valence-corrected chi connectivity index (χ1v) is 7.32. The highest BCUT2D eigenvalue weighted by Crippen LogP contribution is 2.25. The van der Waals surface area contributed by atoms with Gasteiger partial charge >= 0.3 is 5.97 Å². The molecule has 1 aromatic rings. The summed E-state index contributed by atoms with van der Waals surface area (Å²) in [5, 5.41) is 0. The minimum Gasteiger partial charge on any atom is -0.495 e. The molecule has 0 bridgehead atoms. The van der Waals surface area contributed by atoms with E-state index in [9.17, 15) is 13.2 Å². The summed E-state index contributed by atoms with van der Waals surface area (Å²) in [6.45, 7) is 1.49. The molecule has 112 valence electrons. The SMILES string of the molecule is CCOC(=O)CN(C)S(=O)(=O)c1ccc(OC)c(N)c1. The molecule has 0 heterocycles. The average Bonchev–Trinajstić information content (AvgIpc) is 2.38. The van der Waals surface area contributed by atoms with Crippen LogP contribution in [0.1, 0.15) is 6.92 Å². The lowest BCUT2D eigenvalue weighted by Gasteiger charge is -2.17. The van der Waals surface area contributed by atoms with Crippen molar-refractivity contribution in [1.29, 1.82) is 0 Å². The van der Waals surface area contributed by atoms with Crippen LogP contribution in [0.5, 0.6) is 5.75 Å². The number of nitrogen functional groups attached to an aromatic ring is 1. The fourth-order valence-corrected chi connectivity index (χ4v) is 2.68. The Kier molecular flexibility index (Phi) is 5.34. The third-order valence-electron chi connectivity index (χ3n) is 2.57. The summed E-state index contributed by atoms with van der Waals surface area (Å²) < 4.78 is 35.1. The molecule has 0 fully saturated rings. The maximum Gasteiger partial charge on any atom is 0.321 e. The number of carbonyl (C=O) groups excluding carboxylic acids is 1. The summed E-state index contributed by atoms with van der Waals surface area (Å²) in [6, 6.07) is 4.11. The number of hydrogen-bond acceptors (Lipinski definition) is 6. The molecule has 1 rings (SSSR count). The average molecular weight is 302 g/mol. The van der Waals surface area contributed by atoms with Gasteiger partial charge in [-0.05, 0) is 25.1 Å². The van der Waals surface area contributed by atoms with Crippen LogP contribution in [0.25, 0.3) is 0 Å². The lowest BCUT2D eigenvalue weighted by molar-refractivity contribution is -0.143. The third-order valence-corrected chi connectivity index (χ3v) is 4.37. The first-order valence-electron chi connectivity index (χ1n) is 5.88. The van der Waals surface area contributed by atoms with E-state index in [1.165, 1.54) is 32.4 Å². The second-order valence-corrected chi connectivity index (χ2v) is 6.01. The van der Waals surface area contributed by atoms with Crippen molar-refractivity contribution in [1.82, 2.24) is 4.31 Å². The summed E-state index contributed by atoms with van der Waals surface area (Å²) >= 11 is 0. The molecule has 0 saturated carbocycles. The van der Waals surface area contributed by atoms with Gasteiger partial charge in [0.1, 0.15) is 12.3 Å². The van der Waals surface area contributed by atoms with E-state index in [0.29, 0.717) is 5.75 Å². The minimum atomic E-state index is -3.80. The molecule has 20 heavy (non-hydrogen) atoms. The van der Waals surface area contributed by atoms with Crippen LogP contribution < -0.4 is 10.5 Å². The number of hydrogen-bond donors (Lipinski definition) is 1. The van der Waals surface area contributed by atoms with Gasteiger partial charge in [-0.2, -0.15) is 4.31 Å². The van der Waals surface area contributed by atoms with E-state index in [1.54, 1.807) is 6.92 Å². The maximum atomic E-state index is 12.2. The van der Waals surface area contributed by atoms with Crippen molar-refractivity contribution in [2.45, 2.75) is 11.8 Å². The molecule has 0 unspecified atom stereocenters. The molecule has 0 aliphatic carbocycles. The van der Waals surface area contributed by atoms with E-state index >= 15 is 0 Å². The largest absolute Gasteiger partial charge is 0.495 e. The van der Waals surface area contributed by atoms with Gasteiger partial charge < -0.3 is 15.2 Å². The highest BCUT2D eigenvalue weighted by atomic mass is 32.2. The van der Waals surface area contributed by atoms with Gasteiger partial charge in [0, 0.05) is 7.05 Å². The molecular formula is C12H18N2O5S. The summed E-state index contributed by atoms with van der Waals surface area (Å²) in [5.41, 5.74) is 5.88. The van der Waals surface area contributed by atoms with Crippen LogP contribution >= 0.6 is 0 Å². The Morgan fingerprint density at radius 2 is 2.05 bits per heavy atom. The number of rotatable bonds is 6. The normalized spacial score (nSPS) is 11.4. The molecular weight excluding hydrogens is 284 g/mol. The quantitative estimate of drug-likeness (QED) is 0.605. The number of nitrogens with zero attached hydrogens (tertiary/aromatic N) is 1. The predicted molar refractivity (Wildman–Crippen MR) is 73.9 cm³/mol. The van der Waals surface area contributed by atoms with Crippen molar-refractivity contribution >= 4 is 21.7 Å². The van der Waals surface area contributed by atoms with Gasteiger partial charge in [-0.25, -0.2) is 8.42 Å². The fourth-order valence-electron chi connectivity index (χ4n) is 1.53. The zero-order chi connectivity index (χ0) is 15.3. The highest BCUT2D eigenvalue weighted by Gasteiger charge is 2.24. The molecule has 0 aliphatic rings. The van der Waals surface area contributed by atoms with Crippen LogP contribution in [0, 0.1) is 0 Å². The van der Waals surface area contributed by atoms with Gasteiger partial charge in [-0.1, -0.05) is 0 Å². The predicted octanol–water partition coefficient (Wildman–Crippen LogP) is 0.461. The van der Waals surface area contributed by atoms with E-state index in [-0.39, 0.29) is 23.7 Å². The van der Waals surface area contributed by atoms with Crippen molar-refractivity contribution in [2.24, 2.45) is 0 Å². The number of benzene rings is 1. The van der Waals surface area contributed by atoms with E-state index in [1.807, 2.05) is 0 Å². The van der Waals surface area contributed by atoms with E-state index in [0.717, 1.165) is 4.31 Å². The first kappa shape index (κ1) is 16.3. The van der Waals surface area contributed by atoms with Crippen LogP contribution in [0.3, 0.4) is 0 Å². The van der Waals surface area contributed by atoms with Crippen molar-refractivity contribution < 1.29 is 22.7 Å². The molecule has 8 heteroatoms. The number of methoxy groups -OCH3 is 1. The molecule has 0 aromatic heterocycles. The van der Waals surface area contributed by atoms with E-state index in [4.69, 9.17) is 15.2 Å². The Morgan fingerprint density at radius 1 is 1.40 bits per heavy atom. The molecule has 0 atom stereocenters. The molecule has 0 amide bonds. The molecule has 1 aromatic carbocycles. The lowest BCUT2D eigenvalue weighted by Crippen LogP contribution is -2.33. The zero-order valence-electron chi connectivity index (χ0n) is 11.6. The van der Waals surface area contributed by atoms with Gasteiger partial charge in [0.15, 0.2) is 0 Å². The van der Waals surface area contributed by atoms with Gasteiger partial charge in [-0.15, -0.1) is 0 Å². The van der Waals surface area contributed by atoms with E-state index in [2.05, 4.69) is 0 Å². The number of sulfonamides is 1. The lowest BCUT2D eigenvalue weighted by atomic mass is 10.3. The number of nitrogens with two attached hydrogens (primary N) is 1. The maximum absolute atomic E-state index is 12.2. The van der Waals surface area contributed by atoms with Crippen LogP contribution in [0.15, 0.2) is 23.1 Å². The third kappa shape index (κ3) is 3.61. The number of likely N-dealkylation sites (N-methyl/N-ethyl adjacent to an activating group) is 1. The monoisotopic (exact) mass is 302 g/mol. The summed E-state index contributed by atoms with van der Waals surface area (Å²) in [7, 11) is -1.07. The van der Waals surface area contributed by atoms with Crippen molar-refractivity contribution in [3.63, 3.8) is 0 Å². The summed E-state index contributed by atoms with van der Waals surface area (Å²) in [5.74, 6) is -0.225.